The number of furan rings is 1. The first kappa shape index (κ1) is 19.0. The van der Waals surface area contributed by atoms with Crippen LogP contribution in [0.1, 0.15) is 39.2 Å². The first-order chi connectivity index (χ1) is 12.1. The van der Waals surface area contributed by atoms with Crippen LogP contribution in [0.15, 0.2) is 21.2 Å². The van der Waals surface area contributed by atoms with Crippen molar-refractivity contribution in [3.8, 4) is 11.5 Å². The summed E-state index contributed by atoms with van der Waals surface area (Å²) >= 11 is 3.33. The summed E-state index contributed by atoms with van der Waals surface area (Å²) in [6, 6.07) is 3.71. The zero-order valence-corrected chi connectivity index (χ0v) is 17.0. The number of halogens is 1. The molecule has 142 valence electrons. The molecule has 8 heteroatoms. The molecular weight excluding hydrogens is 402 g/mol. The number of carbonyl (C=O) groups is 1. The Hall–Kier alpha value is -1.80. The third-order valence-corrected chi connectivity index (χ3v) is 4.42. The smallest absolute Gasteiger partial charge is 0.410 e. The number of aromatic nitrogens is 2. The number of carbonyl (C=O) groups excluding carboxylic acids is 1. The molecule has 1 N–H and O–H groups in total. The third kappa shape index (κ3) is 4.12. The molecule has 1 atom stereocenters. The molecule has 0 saturated heterocycles. The van der Waals surface area contributed by atoms with Gasteiger partial charge in [0.2, 0.25) is 0 Å². The Morgan fingerprint density at radius 3 is 2.73 bits per heavy atom. The van der Waals surface area contributed by atoms with Crippen LogP contribution in [0.2, 0.25) is 0 Å². The highest BCUT2D eigenvalue weighted by atomic mass is 79.9. The van der Waals surface area contributed by atoms with Crippen LogP contribution >= 0.6 is 15.9 Å². The largest absolute Gasteiger partial charge is 0.448 e. The number of ether oxygens (including phenoxy) is 1. The van der Waals surface area contributed by atoms with E-state index in [1.54, 1.807) is 11.8 Å². The van der Waals surface area contributed by atoms with Crippen LogP contribution in [-0.2, 0) is 24.2 Å². The molecule has 0 saturated carbocycles. The van der Waals surface area contributed by atoms with E-state index in [-0.39, 0.29) is 6.09 Å². The highest BCUT2D eigenvalue weighted by Crippen LogP contribution is 2.32. The number of hydrogen-bond acceptors (Lipinski definition) is 5. The van der Waals surface area contributed by atoms with Gasteiger partial charge in [-0.2, -0.15) is 0 Å². The van der Waals surface area contributed by atoms with Crippen molar-refractivity contribution in [3.05, 3.63) is 28.3 Å². The Bertz CT molecular complexity index is 804. The molecule has 0 radical (unpaired) electrons. The monoisotopic (exact) mass is 425 g/mol. The maximum Gasteiger partial charge on any atom is 0.410 e. The SMILES string of the molecule is CC(O)Cc1nc2n(c1-c1ccc(Br)o1)CCN(C(=O)OC(C)(C)C)C2. The molecule has 1 amide bonds. The average molecular weight is 426 g/mol. The second kappa shape index (κ2) is 7.08. The van der Waals surface area contributed by atoms with E-state index in [0.717, 1.165) is 17.2 Å². The fraction of sp³-hybridized carbons (Fsp3) is 0.556. The Kier molecular flexibility index (Phi) is 5.16. The van der Waals surface area contributed by atoms with Gasteiger partial charge in [0.05, 0.1) is 18.3 Å². The Balaban J connectivity index is 1.92. The molecule has 2 aromatic heterocycles. The van der Waals surface area contributed by atoms with Crippen molar-refractivity contribution < 1.29 is 19.1 Å². The van der Waals surface area contributed by atoms with Crippen molar-refractivity contribution in [3.63, 3.8) is 0 Å². The lowest BCUT2D eigenvalue weighted by Gasteiger charge is -2.30. The quantitative estimate of drug-likeness (QED) is 0.812. The van der Waals surface area contributed by atoms with Gasteiger partial charge in [0.25, 0.3) is 0 Å². The number of hydrogen-bond donors (Lipinski definition) is 1. The minimum atomic E-state index is -0.535. The van der Waals surface area contributed by atoms with E-state index >= 15 is 0 Å². The Labute approximate surface area is 161 Å². The number of aliphatic hydroxyl groups excluding tert-OH is 1. The molecule has 0 aliphatic carbocycles. The predicted molar refractivity (Wildman–Crippen MR) is 99.7 cm³/mol. The summed E-state index contributed by atoms with van der Waals surface area (Å²) in [5.74, 6) is 1.46. The number of nitrogens with zero attached hydrogens (tertiary/aromatic N) is 3. The fourth-order valence-electron chi connectivity index (χ4n) is 3.01. The van der Waals surface area contributed by atoms with Gasteiger partial charge in [-0.05, 0) is 55.8 Å². The van der Waals surface area contributed by atoms with Crippen LogP contribution in [0, 0.1) is 0 Å². The minimum Gasteiger partial charge on any atom is -0.448 e. The molecule has 2 aromatic rings. The molecule has 26 heavy (non-hydrogen) atoms. The van der Waals surface area contributed by atoms with Gasteiger partial charge in [-0.1, -0.05) is 0 Å². The molecule has 0 spiro atoms. The summed E-state index contributed by atoms with van der Waals surface area (Å²) in [4.78, 5) is 18.7. The van der Waals surface area contributed by atoms with Crippen molar-refractivity contribution in [2.75, 3.05) is 6.54 Å². The number of aliphatic hydroxyl groups is 1. The summed E-state index contributed by atoms with van der Waals surface area (Å²) in [6.07, 6.45) is -0.447. The molecule has 7 nitrogen and oxygen atoms in total. The summed E-state index contributed by atoms with van der Waals surface area (Å²) < 4.78 is 13.9. The number of amides is 1. The van der Waals surface area contributed by atoms with Gasteiger partial charge in [-0.25, -0.2) is 9.78 Å². The standard InChI is InChI=1S/C18H24BrN3O4/c1-11(23)9-12-16(13-5-6-14(19)25-13)22-8-7-21(10-15(22)20-12)17(24)26-18(2,3)4/h5-6,11,23H,7-10H2,1-4H3. The average Bonchev–Trinajstić information content (AvgIpc) is 3.06. The van der Waals surface area contributed by atoms with Crippen molar-refractivity contribution in [1.29, 1.82) is 0 Å². The van der Waals surface area contributed by atoms with Crippen molar-refractivity contribution in [1.82, 2.24) is 14.5 Å². The van der Waals surface area contributed by atoms with E-state index in [1.807, 2.05) is 32.9 Å². The van der Waals surface area contributed by atoms with Crippen molar-refractivity contribution in [2.45, 2.75) is 58.9 Å². The fourth-order valence-corrected chi connectivity index (χ4v) is 3.31. The first-order valence-electron chi connectivity index (χ1n) is 8.64. The lowest BCUT2D eigenvalue weighted by atomic mass is 10.1. The lowest BCUT2D eigenvalue weighted by molar-refractivity contribution is 0.0195. The van der Waals surface area contributed by atoms with Crippen molar-refractivity contribution in [2.24, 2.45) is 0 Å². The molecule has 0 bridgehead atoms. The van der Waals surface area contributed by atoms with Crippen LogP contribution in [0.25, 0.3) is 11.5 Å². The molecule has 3 rings (SSSR count). The zero-order valence-electron chi connectivity index (χ0n) is 15.5. The summed E-state index contributed by atoms with van der Waals surface area (Å²) in [5, 5.41) is 9.84. The third-order valence-electron chi connectivity index (χ3n) is 3.99. The molecule has 3 heterocycles. The van der Waals surface area contributed by atoms with Gasteiger partial charge in [-0.3, -0.25) is 4.90 Å². The van der Waals surface area contributed by atoms with Gasteiger partial charge >= 0.3 is 6.09 Å². The van der Waals surface area contributed by atoms with E-state index in [4.69, 9.17) is 9.15 Å². The van der Waals surface area contributed by atoms with Gasteiger partial charge in [0.1, 0.15) is 17.1 Å². The lowest BCUT2D eigenvalue weighted by Crippen LogP contribution is -2.41. The van der Waals surface area contributed by atoms with E-state index in [0.29, 0.717) is 36.5 Å². The topological polar surface area (TPSA) is 80.7 Å². The zero-order chi connectivity index (χ0) is 19.1. The highest BCUT2D eigenvalue weighted by Gasteiger charge is 2.30. The number of imidazole rings is 1. The van der Waals surface area contributed by atoms with E-state index in [9.17, 15) is 9.90 Å². The van der Waals surface area contributed by atoms with E-state index in [2.05, 4.69) is 25.5 Å². The van der Waals surface area contributed by atoms with Gasteiger partial charge in [0, 0.05) is 19.5 Å². The Morgan fingerprint density at radius 1 is 1.42 bits per heavy atom. The number of rotatable bonds is 3. The maximum atomic E-state index is 12.4. The van der Waals surface area contributed by atoms with Crippen LogP contribution in [-0.4, -0.2) is 43.9 Å². The maximum absolute atomic E-state index is 12.4. The van der Waals surface area contributed by atoms with Gasteiger partial charge in [-0.15, -0.1) is 0 Å². The summed E-state index contributed by atoms with van der Waals surface area (Å²) in [7, 11) is 0. The molecule has 1 aliphatic heterocycles. The molecule has 0 aromatic carbocycles. The minimum absolute atomic E-state index is 0.342. The second-order valence-electron chi connectivity index (χ2n) is 7.53. The second-order valence-corrected chi connectivity index (χ2v) is 8.32. The molecule has 1 unspecified atom stereocenters. The van der Waals surface area contributed by atoms with Crippen molar-refractivity contribution >= 4 is 22.0 Å². The molecular formula is C18H24BrN3O4. The van der Waals surface area contributed by atoms with Gasteiger partial charge < -0.3 is 18.8 Å². The van der Waals surface area contributed by atoms with Crippen LogP contribution < -0.4 is 0 Å². The van der Waals surface area contributed by atoms with Crippen LogP contribution in [0.3, 0.4) is 0 Å². The predicted octanol–water partition coefficient (Wildman–Crippen LogP) is 3.58. The first-order valence-corrected chi connectivity index (χ1v) is 9.43. The highest BCUT2D eigenvalue weighted by molar-refractivity contribution is 9.10. The number of fused-ring (bicyclic) bond motifs is 1. The molecule has 1 aliphatic rings. The summed E-state index contributed by atoms with van der Waals surface area (Å²) in [5.41, 5.74) is 1.09. The molecule has 0 fully saturated rings. The summed E-state index contributed by atoms with van der Waals surface area (Å²) in [6.45, 7) is 8.77. The van der Waals surface area contributed by atoms with Crippen LogP contribution in [0.5, 0.6) is 0 Å². The Morgan fingerprint density at radius 2 is 2.15 bits per heavy atom. The van der Waals surface area contributed by atoms with Crippen LogP contribution in [0.4, 0.5) is 4.79 Å². The van der Waals surface area contributed by atoms with E-state index in [1.165, 1.54) is 0 Å². The van der Waals surface area contributed by atoms with E-state index < -0.39 is 11.7 Å². The normalized spacial score (nSPS) is 15.7. The van der Waals surface area contributed by atoms with Gasteiger partial charge in [0.15, 0.2) is 10.4 Å².